The lowest BCUT2D eigenvalue weighted by Crippen LogP contribution is -2.16. The number of carbonyl (C=O) groups is 2. The van der Waals surface area contributed by atoms with Crippen molar-refractivity contribution in [2.75, 3.05) is 5.32 Å². The Morgan fingerprint density at radius 1 is 1.10 bits per heavy atom. The summed E-state index contributed by atoms with van der Waals surface area (Å²) in [5.74, 6) is -1.23. The van der Waals surface area contributed by atoms with Gasteiger partial charge in [0.1, 0.15) is 0 Å². The summed E-state index contributed by atoms with van der Waals surface area (Å²) in [4.78, 5) is 26.7. The largest absolute Gasteiger partial charge is 0.381 e. The summed E-state index contributed by atoms with van der Waals surface area (Å²) in [7, 11) is 0. The van der Waals surface area contributed by atoms with Crippen molar-refractivity contribution < 1.29 is 9.59 Å². The number of primary amides is 2. The van der Waals surface area contributed by atoms with Gasteiger partial charge in [-0.05, 0) is 36.8 Å². The van der Waals surface area contributed by atoms with Gasteiger partial charge in [0.15, 0.2) is 0 Å². The molecule has 0 spiro atoms. The van der Waals surface area contributed by atoms with Crippen LogP contribution >= 0.6 is 0 Å². The molecular formula is C15H16N4O2. The molecule has 2 rings (SSSR count). The van der Waals surface area contributed by atoms with Crippen LogP contribution in [0.4, 0.5) is 5.69 Å². The number of hydrogen-bond acceptors (Lipinski definition) is 4. The van der Waals surface area contributed by atoms with Crippen LogP contribution in [0.25, 0.3) is 0 Å². The molecule has 0 fully saturated rings. The summed E-state index contributed by atoms with van der Waals surface area (Å²) in [6.07, 6.45) is 1.76. The number of nitrogens with zero attached hydrogens (tertiary/aromatic N) is 1. The van der Waals surface area contributed by atoms with Crippen molar-refractivity contribution in [1.29, 1.82) is 0 Å². The quantitative estimate of drug-likeness (QED) is 0.766. The molecule has 0 atom stereocenters. The smallest absolute Gasteiger partial charge is 0.248 e. The normalized spacial score (nSPS) is 10.1. The number of nitrogens with two attached hydrogens (primary N) is 2. The van der Waals surface area contributed by atoms with Gasteiger partial charge in [-0.2, -0.15) is 0 Å². The predicted octanol–water partition coefficient (Wildman–Crippen LogP) is 1.20. The molecule has 2 amide bonds. The number of rotatable bonds is 5. The van der Waals surface area contributed by atoms with Crippen molar-refractivity contribution in [3.63, 3.8) is 0 Å². The van der Waals surface area contributed by atoms with Gasteiger partial charge in [-0.15, -0.1) is 0 Å². The Morgan fingerprint density at radius 3 is 2.19 bits per heavy atom. The minimum Gasteiger partial charge on any atom is -0.381 e. The van der Waals surface area contributed by atoms with Crippen molar-refractivity contribution in [3.8, 4) is 0 Å². The number of hydrogen-bond donors (Lipinski definition) is 3. The molecule has 1 heterocycles. The van der Waals surface area contributed by atoms with Crippen LogP contribution in [-0.4, -0.2) is 16.8 Å². The molecule has 0 saturated heterocycles. The number of nitrogens with one attached hydrogen (secondary N) is 1. The van der Waals surface area contributed by atoms with Gasteiger partial charge in [-0.25, -0.2) is 0 Å². The number of anilines is 1. The molecule has 21 heavy (non-hydrogen) atoms. The van der Waals surface area contributed by atoms with Gasteiger partial charge < -0.3 is 16.8 Å². The third-order valence-corrected chi connectivity index (χ3v) is 2.97. The van der Waals surface area contributed by atoms with Crippen molar-refractivity contribution in [3.05, 3.63) is 58.9 Å². The van der Waals surface area contributed by atoms with Crippen molar-refractivity contribution in [1.82, 2.24) is 4.98 Å². The number of pyridine rings is 1. The zero-order valence-corrected chi connectivity index (χ0v) is 11.6. The molecule has 0 aliphatic rings. The molecule has 2 aromatic rings. The van der Waals surface area contributed by atoms with E-state index in [0.29, 0.717) is 12.2 Å². The molecule has 6 heteroatoms. The Labute approximate surface area is 122 Å². The van der Waals surface area contributed by atoms with Gasteiger partial charge in [-0.3, -0.25) is 14.6 Å². The van der Waals surface area contributed by atoms with Crippen LogP contribution in [0.1, 0.15) is 32.0 Å². The maximum atomic E-state index is 11.3. The number of carbonyl (C=O) groups excluding carboxylic acids is 2. The Bertz CT molecular complexity index is 648. The Hall–Kier alpha value is -2.89. The van der Waals surface area contributed by atoms with Crippen LogP contribution in [-0.2, 0) is 6.54 Å². The van der Waals surface area contributed by atoms with E-state index in [0.717, 1.165) is 11.3 Å². The van der Waals surface area contributed by atoms with Crippen LogP contribution in [0.2, 0.25) is 0 Å². The standard InChI is InChI=1S/C15H16N4O2/c1-9-2-3-10(7-18-9)8-19-13-5-11(14(16)20)4-12(6-13)15(17)21/h2-7,19H,8H2,1H3,(H2,16,20)(H2,17,21). The SMILES string of the molecule is Cc1ccc(CNc2cc(C(N)=O)cc(C(N)=O)c2)cn1. The van der Waals surface area contributed by atoms with Crippen molar-refractivity contribution >= 4 is 17.5 Å². The molecule has 0 radical (unpaired) electrons. The average molecular weight is 284 g/mol. The summed E-state index contributed by atoms with van der Waals surface area (Å²) in [6.45, 7) is 2.42. The lowest BCUT2D eigenvalue weighted by Gasteiger charge is -2.09. The number of amides is 2. The van der Waals surface area contributed by atoms with E-state index in [1.807, 2.05) is 19.1 Å². The molecule has 6 nitrogen and oxygen atoms in total. The number of aromatic nitrogens is 1. The molecule has 108 valence electrons. The first-order valence-corrected chi connectivity index (χ1v) is 6.36. The summed E-state index contributed by atoms with van der Waals surface area (Å²) < 4.78 is 0. The number of aryl methyl sites for hydroxylation is 1. The van der Waals surface area contributed by atoms with Crippen molar-refractivity contribution in [2.24, 2.45) is 11.5 Å². The van der Waals surface area contributed by atoms with E-state index in [4.69, 9.17) is 11.5 Å². The third-order valence-electron chi connectivity index (χ3n) is 2.97. The summed E-state index contributed by atoms with van der Waals surface area (Å²) in [6, 6.07) is 8.39. The fourth-order valence-electron chi connectivity index (χ4n) is 1.82. The first-order chi connectivity index (χ1) is 9.95. The molecule has 1 aromatic heterocycles. The second-order valence-electron chi connectivity index (χ2n) is 4.69. The van der Waals surface area contributed by atoms with Gasteiger partial charge in [0.2, 0.25) is 11.8 Å². The molecule has 0 aliphatic carbocycles. The fourth-order valence-corrected chi connectivity index (χ4v) is 1.82. The summed E-state index contributed by atoms with van der Waals surface area (Å²) in [5, 5.41) is 3.12. The fraction of sp³-hybridized carbons (Fsp3) is 0.133. The monoisotopic (exact) mass is 284 g/mol. The van der Waals surface area contributed by atoms with Gasteiger partial charge in [0.05, 0.1) is 0 Å². The van der Waals surface area contributed by atoms with E-state index in [1.165, 1.54) is 6.07 Å². The predicted molar refractivity (Wildman–Crippen MR) is 79.8 cm³/mol. The van der Waals surface area contributed by atoms with Crippen LogP contribution in [0, 0.1) is 6.92 Å². The van der Waals surface area contributed by atoms with E-state index in [-0.39, 0.29) is 11.1 Å². The highest BCUT2D eigenvalue weighted by Crippen LogP contribution is 2.16. The molecule has 0 bridgehead atoms. The Balaban J connectivity index is 2.20. The minimum absolute atomic E-state index is 0.232. The van der Waals surface area contributed by atoms with E-state index in [2.05, 4.69) is 10.3 Å². The zero-order valence-electron chi connectivity index (χ0n) is 11.6. The van der Waals surface area contributed by atoms with Crippen LogP contribution < -0.4 is 16.8 Å². The number of benzene rings is 1. The van der Waals surface area contributed by atoms with E-state index < -0.39 is 11.8 Å². The molecule has 0 saturated carbocycles. The van der Waals surface area contributed by atoms with Crippen LogP contribution in [0.15, 0.2) is 36.5 Å². The van der Waals surface area contributed by atoms with Crippen molar-refractivity contribution in [2.45, 2.75) is 13.5 Å². The Morgan fingerprint density at radius 2 is 1.71 bits per heavy atom. The lowest BCUT2D eigenvalue weighted by atomic mass is 10.1. The minimum atomic E-state index is -0.613. The van der Waals surface area contributed by atoms with E-state index in [9.17, 15) is 9.59 Å². The molecule has 5 N–H and O–H groups in total. The first kappa shape index (κ1) is 14.5. The van der Waals surface area contributed by atoms with E-state index in [1.54, 1.807) is 18.3 Å². The zero-order chi connectivity index (χ0) is 15.4. The highest BCUT2D eigenvalue weighted by molar-refractivity contribution is 5.99. The first-order valence-electron chi connectivity index (χ1n) is 6.36. The topological polar surface area (TPSA) is 111 Å². The molecule has 0 unspecified atom stereocenters. The van der Waals surface area contributed by atoms with Gasteiger partial charge >= 0.3 is 0 Å². The van der Waals surface area contributed by atoms with Gasteiger partial charge in [0.25, 0.3) is 0 Å². The molecular weight excluding hydrogens is 268 g/mol. The second-order valence-corrected chi connectivity index (χ2v) is 4.69. The van der Waals surface area contributed by atoms with Gasteiger partial charge in [0, 0.05) is 35.2 Å². The summed E-state index contributed by atoms with van der Waals surface area (Å²) in [5.41, 5.74) is 13.5. The second kappa shape index (κ2) is 6.04. The van der Waals surface area contributed by atoms with Crippen LogP contribution in [0.5, 0.6) is 0 Å². The Kier molecular flexibility index (Phi) is 4.18. The van der Waals surface area contributed by atoms with E-state index >= 15 is 0 Å². The maximum absolute atomic E-state index is 11.3. The molecule has 1 aromatic carbocycles. The highest BCUT2D eigenvalue weighted by atomic mass is 16.1. The average Bonchev–Trinajstić information content (AvgIpc) is 2.46. The molecule has 0 aliphatic heterocycles. The third kappa shape index (κ3) is 3.79. The van der Waals surface area contributed by atoms with Gasteiger partial charge in [-0.1, -0.05) is 6.07 Å². The highest BCUT2D eigenvalue weighted by Gasteiger charge is 2.09. The maximum Gasteiger partial charge on any atom is 0.248 e. The van der Waals surface area contributed by atoms with Crippen LogP contribution in [0.3, 0.4) is 0 Å². The lowest BCUT2D eigenvalue weighted by molar-refractivity contribution is 0.0999. The summed E-state index contributed by atoms with van der Waals surface area (Å²) >= 11 is 0.